The maximum Gasteiger partial charge on any atom is 0.241 e. The van der Waals surface area contributed by atoms with Crippen LogP contribution >= 0.6 is 15.9 Å². The zero-order valence-electron chi connectivity index (χ0n) is 14.6. The summed E-state index contributed by atoms with van der Waals surface area (Å²) in [6.07, 6.45) is 1.82. The number of hydrogen-bond donors (Lipinski definition) is 1. The molecule has 1 aromatic carbocycles. The van der Waals surface area contributed by atoms with Crippen molar-refractivity contribution >= 4 is 33.3 Å². The number of aryl methyl sites for hydroxylation is 1. The van der Waals surface area contributed by atoms with Crippen molar-refractivity contribution in [2.45, 2.75) is 19.9 Å². The first-order valence-corrected chi connectivity index (χ1v) is 9.30. The third-order valence-corrected chi connectivity index (χ3v) is 5.03. The minimum absolute atomic E-state index is 0.0424. The molecule has 0 radical (unpaired) electrons. The third-order valence-electron chi connectivity index (χ3n) is 4.56. The number of anilines is 2. The van der Waals surface area contributed by atoms with Crippen LogP contribution in [0.3, 0.4) is 0 Å². The summed E-state index contributed by atoms with van der Waals surface area (Å²) in [7, 11) is 0. The molecule has 1 atom stereocenters. The Labute approximate surface area is 157 Å². The van der Waals surface area contributed by atoms with E-state index in [1.165, 1.54) is 0 Å². The number of hydrogen-bond acceptors (Lipinski definition) is 4. The number of carbonyl (C=O) groups is 1. The van der Waals surface area contributed by atoms with Crippen molar-refractivity contribution < 1.29 is 4.79 Å². The molecule has 0 saturated carbocycles. The summed E-state index contributed by atoms with van der Waals surface area (Å²) in [5.74, 6) is 1.03. The van der Waals surface area contributed by atoms with Crippen LogP contribution in [0.4, 0.5) is 11.5 Å². The summed E-state index contributed by atoms with van der Waals surface area (Å²) >= 11 is 3.41. The lowest BCUT2D eigenvalue weighted by molar-refractivity contribution is -0.120. The first-order valence-electron chi connectivity index (χ1n) is 8.51. The first kappa shape index (κ1) is 17.9. The van der Waals surface area contributed by atoms with Crippen molar-refractivity contribution in [1.29, 1.82) is 0 Å². The molecule has 5 nitrogen and oxygen atoms in total. The SMILES string of the molecule is Cc1cccc(NC(=O)C(C)N2CCN(c3ccc(Br)cn3)CC2)c1. The van der Waals surface area contributed by atoms with E-state index in [9.17, 15) is 4.79 Å². The summed E-state index contributed by atoms with van der Waals surface area (Å²) in [6, 6.07) is 11.8. The van der Waals surface area contributed by atoms with Crippen LogP contribution in [0.15, 0.2) is 47.1 Å². The van der Waals surface area contributed by atoms with Crippen LogP contribution in [0.5, 0.6) is 0 Å². The fraction of sp³-hybridized carbons (Fsp3) is 0.368. The van der Waals surface area contributed by atoms with Crippen molar-refractivity contribution in [2.24, 2.45) is 0 Å². The van der Waals surface area contributed by atoms with Crippen molar-refractivity contribution in [3.05, 3.63) is 52.6 Å². The molecular weight excluding hydrogens is 380 g/mol. The van der Waals surface area contributed by atoms with Crippen LogP contribution in [0, 0.1) is 6.92 Å². The van der Waals surface area contributed by atoms with E-state index in [0.717, 1.165) is 47.7 Å². The molecule has 3 rings (SSSR count). The van der Waals surface area contributed by atoms with Gasteiger partial charge in [-0.3, -0.25) is 9.69 Å². The zero-order valence-corrected chi connectivity index (χ0v) is 16.2. The summed E-state index contributed by atoms with van der Waals surface area (Å²) in [5, 5.41) is 3.02. The van der Waals surface area contributed by atoms with Crippen LogP contribution in [0.2, 0.25) is 0 Å². The maximum atomic E-state index is 12.5. The minimum atomic E-state index is -0.152. The molecule has 1 N–H and O–H groups in total. The molecule has 132 valence electrons. The highest BCUT2D eigenvalue weighted by atomic mass is 79.9. The number of nitrogens with one attached hydrogen (secondary N) is 1. The summed E-state index contributed by atoms with van der Waals surface area (Å²) in [4.78, 5) is 21.5. The lowest BCUT2D eigenvalue weighted by atomic mass is 10.2. The highest BCUT2D eigenvalue weighted by molar-refractivity contribution is 9.10. The highest BCUT2D eigenvalue weighted by Gasteiger charge is 2.26. The molecule has 1 aromatic heterocycles. The lowest BCUT2D eigenvalue weighted by Crippen LogP contribution is -2.53. The second kappa shape index (κ2) is 7.97. The summed E-state index contributed by atoms with van der Waals surface area (Å²) < 4.78 is 0.983. The Morgan fingerprint density at radius 2 is 1.96 bits per heavy atom. The normalized spacial score (nSPS) is 16.5. The maximum absolute atomic E-state index is 12.5. The van der Waals surface area contributed by atoms with Crippen LogP contribution < -0.4 is 10.2 Å². The minimum Gasteiger partial charge on any atom is -0.354 e. The van der Waals surface area contributed by atoms with E-state index in [2.05, 4.69) is 36.0 Å². The molecule has 1 amide bonds. The van der Waals surface area contributed by atoms with E-state index in [1.807, 2.05) is 56.4 Å². The van der Waals surface area contributed by atoms with Crippen molar-refractivity contribution in [3.8, 4) is 0 Å². The number of aromatic nitrogens is 1. The fourth-order valence-electron chi connectivity index (χ4n) is 3.03. The van der Waals surface area contributed by atoms with Crippen molar-refractivity contribution in [2.75, 3.05) is 36.4 Å². The molecule has 0 bridgehead atoms. The average molecular weight is 403 g/mol. The van der Waals surface area contributed by atoms with Gasteiger partial charge >= 0.3 is 0 Å². The van der Waals surface area contributed by atoms with E-state index >= 15 is 0 Å². The Hall–Kier alpha value is -1.92. The number of benzene rings is 1. The number of carbonyl (C=O) groups excluding carboxylic acids is 1. The number of rotatable bonds is 4. The molecule has 2 aromatic rings. The van der Waals surface area contributed by atoms with Gasteiger partial charge in [-0.2, -0.15) is 0 Å². The lowest BCUT2D eigenvalue weighted by Gasteiger charge is -2.38. The largest absolute Gasteiger partial charge is 0.354 e. The molecule has 2 heterocycles. The summed E-state index contributed by atoms with van der Waals surface area (Å²) in [6.45, 7) is 7.43. The zero-order chi connectivity index (χ0) is 17.8. The van der Waals surface area contributed by atoms with Gasteiger partial charge in [-0.25, -0.2) is 4.98 Å². The van der Waals surface area contributed by atoms with Crippen LogP contribution in [-0.4, -0.2) is 48.0 Å². The monoisotopic (exact) mass is 402 g/mol. The second-order valence-corrected chi connectivity index (χ2v) is 7.31. The number of amides is 1. The quantitative estimate of drug-likeness (QED) is 0.851. The van der Waals surface area contributed by atoms with Crippen LogP contribution in [0.25, 0.3) is 0 Å². The standard InChI is InChI=1S/C19H23BrN4O/c1-14-4-3-5-17(12-14)22-19(25)15(2)23-8-10-24(11-9-23)18-7-6-16(20)13-21-18/h3-7,12-13,15H,8-11H2,1-2H3,(H,22,25). The first-order chi connectivity index (χ1) is 12.0. The predicted molar refractivity (Wildman–Crippen MR) is 105 cm³/mol. The Bertz CT molecular complexity index is 726. The van der Waals surface area contributed by atoms with E-state index < -0.39 is 0 Å². The Kier molecular flexibility index (Phi) is 5.71. The molecule has 1 unspecified atom stereocenters. The second-order valence-electron chi connectivity index (χ2n) is 6.39. The van der Waals surface area contributed by atoms with Gasteiger partial charge in [0.05, 0.1) is 6.04 Å². The van der Waals surface area contributed by atoms with Gasteiger partial charge in [0.2, 0.25) is 5.91 Å². The molecule has 1 fully saturated rings. The molecule has 1 saturated heterocycles. The Morgan fingerprint density at radius 3 is 2.60 bits per heavy atom. The Morgan fingerprint density at radius 1 is 1.20 bits per heavy atom. The summed E-state index contributed by atoms with van der Waals surface area (Å²) in [5.41, 5.74) is 2.00. The number of pyridine rings is 1. The van der Waals surface area contributed by atoms with Gasteiger partial charge in [-0.1, -0.05) is 12.1 Å². The van der Waals surface area contributed by atoms with Gasteiger partial charge < -0.3 is 10.2 Å². The number of halogens is 1. The predicted octanol–water partition coefficient (Wildman–Crippen LogP) is 3.30. The fourth-order valence-corrected chi connectivity index (χ4v) is 3.26. The van der Waals surface area contributed by atoms with Gasteiger partial charge in [0.1, 0.15) is 5.82 Å². The van der Waals surface area contributed by atoms with Gasteiger partial charge in [-0.05, 0) is 59.6 Å². The number of piperazine rings is 1. The number of nitrogens with zero attached hydrogens (tertiary/aromatic N) is 3. The molecule has 1 aliphatic rings. The average Bonchev–Trinajstić information content (AvgIpc) is 2.62. The van der Waals surface area contributed by atoms with Gasteiger partial charge in [0.25, 0.3) is 0 Å². The molecule has 1 aliphatic heterocycles. The molecule has 6 heteroatoms. The Balaban J connectivity index is 1.54. The van der Waals surface area contributed by atoms with E-state index in [-0.39, 0.29) is 11.9 Å². The van der Waals surface area contributed by atoms with Crippen LogP contribution in [-0.2, 0) is 4.79 Å². The van der Waals surface area contributed by atoms with Crippen LogP contribution in [0.1, 0.15) is 12.5 Å². The third kappa shape index (κ3) is 4.58. The van der Waals surface area contributed by atoms with E-state index in [1.54, 1.807) is 0 Å². The van der Waals surface area contributed by atoms with Gasteiger partial charge in [-0.15, -0.1) is 0 Å². The molecule has 25 heavy (non-hydrogen) atoms. The van der Waals surface area contributed by atoms with Crippen molar-refractivity contribution in [1.82, 2.24) is 9.88 Å². The molecular formula is C19H23BrN4O. The van der Waals surface area contributed by atoms with Gasteiger partial charge in [0.15, 0.2) is 0 Å². The smallest absolute Gasteiger partial charge is 0.241 e. The topological polar surface area (TPSA) is 48.5 Å². The van der Waals surface area contributed by atoms with E-state index in [4.69, 9.17) is 0 Å². The highest BCUT2D eigenvalue weighted by Crippen LogP contribution is 2.18. The molecule has 0 spiro atoms. The van der Waals surface area contributed by atoms with Gasteiger partial charge in [0, 0.05) is 42.5 Å². The van der Waals surface area contributed by atoms with E-state index in [0.29, 0.717) is 0 Å². The molecule has 0 aliphatic carbocycles. The van der Waals surface area contributed by atoms with Crippen molar-refractivity contribution in [3.63, 3.8) is 0 Å².